The van der Waals surface area contributed by atoms with E-state index in [1.165, 1.54) is 7.11 Å². The Hall–Kier alpha value is -4.51. The van der Waals surface area contributed by atoms with E-state index in [1.807, 2.05) is 30.3 Å². The second-order valence-electron chi connectivity index (χ2n) is 7.06. The number of hydrogen-bond donors (Lipinski definition) is 3. The van der Waals surface area contributed by atoms with Crippen LogP contribution in [0.4, 0.5) is 5.69 Å². The van der Waals surface area contributed by atoms with Crippen LogP contribution in [-0.4, -0.2) is 30.7 Å². The fraction of sp³-hybridized carbons (Fsp3) is 0.160. The Labute approximate surface area is 191 Å². The van der Waals surface area contributed by atoms with Gasteiger partial charge in [0.2, 0.25) is 5.91 Å². The zero-order chi connectivity index (χ0) is 23.6. The number of carbonyl (C=O) groups excluding carboxylic acids is 1. The SMILES string of the molecule is COc1ccc(OCC(=O)O)c(C(Nc2ccc(C#N)cc2)C(=O)NCc2ccccc2)c1. The van der Waals surface area contributed by atoms with Gasteiger partial charge in [-0.2, -0.15) is 5.26 Å². The number of carboxylic acids is 1. The minimum Gasteiger partial charge on any atom is -0.497 e. The molecule has 8 heteroatoms. The molecule has 0 saturated heterocycles. The first-order valence-electron chi connectivity index (χ1n) is 10.1. The van der Waals surface area contributed by atoms with Crippen molar-refractivity contribution in [3.05, 3.63) is 89.5 Å². The van der Waals surface area contributed by atoms with Gasteiger partial charge in [-0.3, -0.25) is 4.79 Å². The van der Waals surface area contributed by atoms with Crippen LogP contribution in [0.3, 0.4) is 0 Å². The number of rotatable bonds is 10. The zero-order valence-electron chi connectivity index (χ0n) is 17.9. The van der Waals surface area contributed by atoms with Gasteiger partial charge < -0.3 is 25.2 Å². The van der Waals surface area contributed by atoms with Crippen LogP contribution in [-0.2, 0) is 16.1 Å². The Bertz CT molecular complexity index is 1140. The maximum Gasteiger partial charge on any atom is 0.341 e. The van der Waals surface area contributed by atoms with Gasteiger partial charge >= 0.3 is 5.97 Å². The number of benzene rings is 3. The molecule has 1 unspecified atom stereocenters. The van der Waals surface area contributed by atoms with Crippen molar-refractivity contribution in [3.63, 3.8) is 0 Å². The summed E-state index contributed by atoms with van der Waals surface area (Å²) in [6.45, 7) is -0.255. The molecule has 3 aromatic carbocycles. The van der Waals surface area contributed by atoms with E-state index in [2.05, 4.69) is 16.7 Å². The molecule has 8 nitrogen and oxygen atoms in total. The second-order valence-corrected chi connectivity index (χ2v) is 7.06. The van der Waals surface area contributed by atoms with Gasteiger partial charge in [0.1, 0.15) is 17.5 Å². The van der Waals surface area contributed by atoms with Gasteiger partial charge in [0.25, 0.3) is 0 Å². The number of carbonyl (C=O) groups is 2. The van der Waals surface area contributed by atoms with E-state index < -0.39 is 18.6 Å². The van der Waals surface area contributed by atoms with E-state index in [0.29, 0.717) is 29.1 Å². The molecule has 0 saturated carbocycles. The summed E-state index contributed by atoms with van der Waals surface area (Å²) in [5, 5.41) is 24.1. The van der Waals surface area contributed by atoms with Crippen molar-refractivity contribution < 1.29 is 24.2 Å². The summed E-state index contributed by atoms with van der Waals surface area (Å²) in [6, 6.07) is 22.0. The summed E-state index contributed by atoms with van der Waals surface area (Å²) >= 11 is 0. The molecule has 3 N–H and O–H groups in total. The van der Waals surface area contributed by atoms with Crippen LogP contribution in [0.25, 0.3) is 0 Å². The van der Waals surface area contributed by atoms with E-state index >= 15 is 0 Å². The number of amides is 1. The summed E-state index contributed by atoms with van der Waals surface area (Å²) in [5.41, 5.74) is 2.42. The van der Waals surface area contributed by atoms with Crippen molar-refractivity contribution in [2.24, 2.45) is 0 Å². The molecule has 0 aromatic heterocycles. The van der Waals surface area contributed by atoms with Gasteiger partial charge in [0.15, 0.2) is 6.61 Å². The average molecular weight is 445 g/mol. The largest absolute Gasteiger partial charge is 0.497 e. The number of nitriles is 1. The highest BCUT2D eigenvalue weighted by molar-refractivity contribution is 5.87. The first kappa shape index (κ1) is 23.2. The molecule has 168 valence electrons. The number of anilines is 1. The number of aliphatic carboxylic acids is 1. The maximum atomic E-state index is 13.3. The Balaban J connectivity index is 1.94. The Morgan fingerprint density at radius 3 is 2.42 bits per heavy atom. The Kier molecular flexibility index (Phi) is 7.86. The zero-order valence-corrected chi connectivity index (χ0v) is 17.9. The lowest BCUT2D eigenvalue weighted by molar-refractivity contribution is -0.139. The molecular weight excluding hydrogens is 422 g/mol. The van der Waals surface area contributed by atoms with Gasteiger partial charge in [0, 0.05) is 17.8 Å². The molecule has 0 spiro atoms. The molecule has 0 aliphatic heterocycles. The molecule has 0 heterocycles. The van der Waals surface area contributed by atoms with Crippen LogP contribution in [0.2, 0.25) is 0 Å². The number of nitrogens with one attached hydrogen (secondary N) is 2. The first-order valence-corrected chi connectivity index (χ1v) is 10.1. The Morgan fingerprint density at radius 1 is 1.06 bits per heavy atom. The molecular formula is C25H23N3O5. The molecule has 3 aromatic rings. The van der Waals surface area contributed by atoms with Gasteiger partial charge in [-0.05, 0) is 48.0 Å². The smallest absolute Gasteiger partial charge is 0.341 e. The average Bonchev–Trinajstić information content (AvgIpc) is 2.85. The maximum absolute atomic E-state index is 13.3. The van der Waals surface area contributed by atoms with Crippen molar-refractivity contribution in [3.8, 4) is 17.6 Å². The summed E-state index contributed by atoms with van der Waals surface area (Å²) in [5.74, 6) is -0.770. The number of nitrogens with zero attached hydrogens (tertiary/aromatic N) is 1. The van der Waals surface area contributed by atoms with Gasteiger partial charge in [-0.15, -0.1) is 0 Å². The van der Waals surface area contributed by atoms with Crippen molar-refractivity contribution in [2.45, 2.75) is 12.6 Å². The van der Waals surface area contributed by atoms with Gasteiger partial charge in [0.05, 0.1) is 18.7 Å². The van der Waals surface area contributed by atoms with Crippen LogP contribution >= 0.6 is 0 Å². The third-order valence-corrected chi connectivity index (χ3v) is 4.78. The van der Waals surface area contributed by atoms with Crippen LogP contribution in [0.1, 0.15) is 22.7 Å². The molecule has 0 radical (unpaired) electrons. The lowest BCUT2D eigenvalue weighted by Crippen LogP contribution is -2.33. The summed E-state index contributed by atoms with van der Waals surface area (Å²) in [4.78, 5) is 24.3. The monoisotopic (exact) mass is 445 g/mol. The van der Waals surface area contributed by atoms with Crippen molar-refractivity contribution in [2.75, 3.05) is 19.0 Å². The molecule has 1 atom stereocenters. The van der Waals surface area contributed by atoms with Crippen LogP contribution in [0.5, 0.6) is 11.5 Å². The minimum atomic E-state index is -1.14. The first-order chi connectivity index (χ1) is 16.0. The molecule has 33 heavy (non-hydrogen) atoms. The fourth-order valence-corrected chi connectivity index (χ4v) is 3.13. The topological polar surface area (TPSA) is 121 Å². The van der Waals surface area contributed by atoms with Gasteiger partial charge in [-0.1, -0.05) is 30.3 Å². The fourth-order valence-electron chi connectivity index (χ4n) is 3.13. The normalized spacial score (nSPS) is 11.0. The van der Waals surface area contributed by atoms with Crippen LogP contribution < -0.4 is 20.1 Å². The quantitative estimate of drug-likeness (QED) is 0.437. The number of hydrogen-bond acceptors (Lipinski definition) is 6. The van der Waals surface area contributed by atoms with Crippen molar-refractivity contribution >= 4 is 17.6 Å². The summed E-state index contributed by atoms with van der Waals surface area (Å²) < 4.78 is 10.8. The molecule has 0 bridgehead atoms. The van der Waals surface area contributed by atoms with E-state index in [4.69, 9.17) is 19.8 Å². The third kappa shape index (κ3) is 6.48. The molecule has 1 amide bonds. The van der Waals surface area contributed by atoms with Crippen molar-refractivity contribution in [1.29, 1.82) is 5.26 Å². The number of methoxy groups -OCH3 is 1. The van der Waals surface area contributed by atoms with Crippen LogP contribution in [0.15, 0.2) is 72.8 Å². The minimum absolute atomic E-state index is 0.235. The standard InChI is InChI=1S/C25H23N3O5/c1-32-20-11-12-22(33-16-23(29)30)21(13-20)24(28-19-9-7-17(14-26)8-10-19)25(31)27-15-18-5-3-2-4-6-18/h2-13,24,28H,15-16H2,1H3,(H,27,31)(H,29,30). The highest BCUT2D eigenvalue weighted by Gasteiger charge is 2.25. The molecule has 0 aliphatic carbocycles. The third-order valence-electron chi connectivity index (χ3n) is 4.78. The predicted octanol–water partition coefficient (Wildman–Crippen LogP) is 3.50. The molecule has 0 aliphatic rings. The lowest BCUT2D eigenvalue weighted by atomic mass is 10.0. The van der Waals surface area contributed by atoms with Crippen molar-refractivity contribution in [1.82, 2.24) is 5.32 Å². The molecule has 0 fully saturated rings. The van der Waals surface area contributed by atoms with E-state index in [-0.39, 0.29) is 11.7 Å². The van der Waals surface area contributed by atoms with Gasteiger partial charge in [-0.25, -0.2) is 4.79 Å². The Morgan fingerprint density at radius 2 is 1.79 bits per heavy atom. The lowest BCUT2D eigenvalue weighted by Gasteiger charge is -2.23. The summed E-state index contributed by atoms with van der Waals surface area (Å²) in [7, 11) is 1.50. The van der Waals surface area contributed by atoms with E-state index in [9.17, 15) is 9.59 Å². The number of carboxylic acid groups (broad SMARTS) is 1. The highest BCUT2D eigenvalue weighted by Crippen LogP contribution is 2.32. The van der Waals surface area contributed by atoms with Crippen LogP contribution in [0, 0.1) is 11.3 Å². The second kappa shape index (κ2) is 11.2. The van der Waals surface area contributed by atoms with E-state index in [1.54, 1.807) is 42.5 Å². The molecule has 3 rings (SSSR count). The summed E-state index contributed by atoms with van der Waals surface area (Å²) in [6.07, 6.45) is 0. The highest BCUT2D eigenvalue weighted by atomic mass is 16.5. The number of ether oxygens (including phenoxy) is 2. The predicted molar refractivity (Wildman–Crippen MR) is 122 cm³/mol. The van der Waals surface area contributed by atoms with E-state index in [0.717, 1.165) is 5.56 Å².